The summed E-state index contributed by atoms with van der Waals surface area (Å²) in [5.41, 5.74) is 6.14. The lowest BCUT2D eigenvalue weighted by Crippen LogP contribution is -2.53. The Morgan fingerprint density at radius 2 is 2.00 bits per heavy atom. The van der Waals surface area contributed by atoms with Crippen molar-refractivity contribution in [3.63, 3.8) is 0 Å². The molecule has 1 aliphatic rings. The van der Waals surface area contributed by atoms with Crippen LogP contribution in [0, 0.1) is 5.92 Å². The smallest absolute Gasteiger partial charge is 0.387 e. The first kappa shape index (κ1) is 18.6. The van der Waals surface area contributed by atoms with E-state index in [1.54, 1.807) is 12.1 Å². The highest BCUT2D eigenvalue weighted by atomic mass is 35.5. The molecule has 1 aliphatic carbocycles. The maximum atomic E-state index is 12.1. The van der Waals surface area contributed by atoms with Gasteiger partial charge in [0.05, 0.1) is 12.0 Å². The van der Waals surface area contributed by atoms with Crippen LogP contribution in [0.2, 0.25) is 0 Å². The van der Waals surface area contributed by atoms with Gasteiger partial charge in [-0.2, -0.15) is 8.78 Å². The van der Waals surface area contributed by atoms with Crippen LogP contribution < -0.4 is 15.8 Å². The maximum absolute atomic E-state index is 12.1. The van der Waals surface area contributed by atoms with E-state index in [4.69, 9.17) is 5.73 Å². The van der Waals surface area contributed by atoms with Gasteiger partial charge in [0.2, 0.25) is 5.91 Å². The number of nitrogens with two attached hydrogens (primary N) is 1. The molecule has 2 rings (SSSR count). The van der Waals surface area contributed by atoms with Gasteiger partial charge in [0, 0.05) is 6.54 Å². The minimum absolute atomic E-state index is 0. The summed E-state index contributed by atoms with van der Waals surface area (Å²) in [4.78, 5) is 12.1. The van der Waals surface area contributed by atoms with E-state index in [1.807, 2.05) is 6.92 Å². The Hall–Kier alpha value is -1.40. The van der Waals surface area contributed by atoms with Gasteiger partial charge in [0.1, 0.15) is 5.75 Å². The van der Waals surface area contributed by atoms with Crippen molar-refractivity contribution in [1.82, 2.24) is 5.32 Å². The zero-order valence-corrected chi connectivity index (χ0v) is 13.2. The van der Waals surface area contributed by atoms with Crippen molar-refractivity contribution in [3.05, 3.63) is 29.8 Å². The molecule has 0 aliphatic heterocycles. The second-order valence-electron chi connectivity index (χ2n) is 5.64. The number of rotatable bonds is 7. The minimum atomic E-state index is -2.84. The summed E-state index contributed by atoms with van der Waals surface area (Å²) in [6.07, 6.45) is 2.37. The van der Waals surface area contributed by atoms with Gasteiger partial charge < -0.3 is 15.8 Å². The van der Waals surface area contributed by atoms with Crippen molar-refractivity contribution in [2.45, 2.75) is 38.3 Å². The Kier molecular flexibility index (Phi) is 6.56. The molecule has 0 spiro atoms. The third-order valence-corrected chi connectivity index (χ3v) is 3.84. The Morgan fingerprint density at radius 1 is 1.41 bits per heavy atom. The van der Waals surface area contributed by atoms with E-state index < -0.39 is 6.61 Å². The van der Waals surface area contributed by atoms with Crippen LogP contribution in [0.15, 0.2) is 24.3 Å². The lowest BCUT2D eigenvalue weighted by atomic mass is 9.95. The average molecular weight is 335 g/mol. The standard InChI is InChI=1S/C15H20F2N2O2.ClH/c1-15(9-18,11-4-5-11)19-13(20)8-10-2-6-12(7-3-10)21-14(16)17;/h2-3,6-7,11,14H,4-5,8-9,18H2,1H3,(H,19,20);1H. The summed E-state index contributed by atoms with van der Waals surface area (Å²) >= 11 is 0. The number of ether oxygens (including phenoxy) is 1. The Labute approximate surface area is 134 Å². The Balaban J connectivity index is 0.00000242. The van der Waals surface area contributed by atoms with Gasteiger partial charge >= 0.3 is 6.61 Å². The van der Waals surface area contributed by atoms with Gasteiger partial charge in [-0.1, -0.05) is 12.1 Å². The number of amides is 1. The number of alkyl halides is 2. The molecule has 0 bridgehead atoms. The quantitative estimate of drug-likeness (QED) is 0.805. The maximum Gasteiger partial charge on any atom is 0.387 e. The fourth-order valence-corrected chi connectivity index (χ4v) is 2.38. The van der Waals surface area contributed by atoms with E-state index in [1.165, 1.54) is 12.1 Å². The molecule has 22 heavy (non-hydrogen) atoms. The van der Waals surface area contributed by atoms with Crippen molar-refractivity contribution in [2.24, 2.45) is 11.7 Å². The highest BCUT2D eigenvalue weighted by Gasteiger charge is 2.41. The number of benzene rings is 1. The molecule has 124 valence electrons. The van der Waals surface area contributed by atoms with Crippen molar-refractivity contribution in [1.29, 1.82) is 0 Å². The zero-order valence-electron chi connectivity index (χ0n) is 12.4. The fraction of sp³-hybridized carbons (Fsp3) is 0.533. The van der Waals surface area contributed by atoms with E-state index in [0.29, 0.717) is 12.5 Å². The first-order valence-electron chi connectivity index (χ1n) is 6.98. The lowest BCUT2D eigenvalue weighted by molar-refractivity contribution is -0.122. The molecule has 1 aromatic carbocycles. The van der Waals surface area contributed by atoms with E-state index >= 15 is 0 Å². The minimum Gasteiger partial charge on any atom is -0.435 e. The molecule has 4 nitrogen and oxygen atoms in total. The molecule has 1 saturated carbocycles. The number of hydrogen-bond acceptors (Lipinski definition) is 3. The molecule has 1 unspecified atom stereocenters. The van der Waals surface area contributed by atoms with E-state index in [2.05, 4.69) is 10.1 Å². The second-order valence-corrected chi connectivity index (χ2v) is 5.64. The molecular weight excluding hydrogens is 314 g/mol. The Morgan fingerprint density at radius 3 is 2.45 bits per heavy atom. The normalized spacial score (nSPS) is 16.6. The lowest BCUT2D eigenvalue weighted by Gasteiger charge is -2.29. The van der Waals surface area contributed by atoms with Gasteiger partial charge in [-0.25, -0.2) is 0 Å². The van der Waals surface area contributed by atoms with Crippen molar-refractivity contribution >= 4 is 18.3 Å². The van der Waals surface area contributed by atoms with Gasteiger partial charge in [-0.3, -0.25) is 4.79 Å². The number of carbonyl (C=O) groups is 1. The summed E-state index contributed by atoms with van der Waals surface area (Å²) in [5.74, 6) is 0.421. The largest absolute Gasteiger partial charge is 0.435 e. The van der Waals surface area contributed by atoms with Crippen LogP contribution in [0.4, 0.5) is 8.78 Å². The van der Waals surface area contributed by atoms with Crippen molar-refractivity contribution < 1.29 is 18.3 Å². The third-order valence-electron chi connectivity index (χ3n) is 3.84. The molecule has 1 fully saturated rings. The molecule has 0 aromatic heterocycles. The van der Waals surface area contributed by atoms with E-state index in [0.717, 1.165) is 18.4 Å². The molecule has 7 heteroatoms. The van der Waals surface area contributed by atoms with Gasteiger partial charge in [-0.15, -0.1) is 12.4 Å². The molecular formula is C15H21ClF2N2O2. The summed E-state index contributed by atoms with van der Waals surface area (Å²) < 4.78 is 28.3. The van der Waals surface area contributed by atoms with Crippen LogP contribution in [0.5, 0.6) is 5.75 Å². The predicted molar refractivity (Wildman–Crippen MR) is 82.4 cm³/mol. The average Bonchev–Trinajstić information content (AvgIpc) is 3.25. The van der Waals surface area contributed by atoms with Crippen LogP contribution in [0.1, 0.15) is 25.3 Å². The molecule has 0 radical (unpaired) electrons. The van der Waals surface area contributed by atoms with Crippen LogP contribution in [-0.4, -0.2) is 24.6 Å². The molecule has 3 N–H and O–H groups in total. The number of halogens is 3. The summed E-state index contributed by atoms with van der Waals surface area (Å²) in [7, 11) is 0. The summed E-state index contributed by atoms with van der Waals surface area (Å²) in [6, 6.07) is 6.07. The third kappa shape index (κ3) is 5.10. The van der Waals surface area contributed by atoms with Gasteiger partial charge in [0.15, 0.2) is 0 Å². The Bertz CT molecular complexity index is 495. The molecule has 1 aromatic rings. The number of carbonyl (C=O) groups excluding carboxylic acids is 1. The SMILES string of the molecule is CC(CN)(NC(=O)Cc1ccc(OC(F)F)cc1)C1CC1.Cl. The zero-order chi connectivity index (χ0) is 15.5. The first-order valence-corrected chi connectivity index (χ1v) is 6.98. The second kappa shape index (κ2) is 7.74. The van der Waals surface area contributed by atoms with Crippen molar-refractivity contribution in [2.75, 3.05) is 6.54 Å². The molecule has 1 atom stereocenters. The van der Waals surface area contributed by atoms with Crippen molar-refractivity contribution in [3.8, 4) is 5.75 Å². The molecule has 0 heterocycles. The molecule has 1 amide bonds. The monoisotopic (exact) mass is 334 g/mol. The van der Waals surface area contributed by atoms with Crippen LogP contribution >= 0.6 is 12.4 Å². The van der Waals surface area contributed by atoms with Crippen LogP contribution in [0.3, 0.4) is 0 Å². The molecule has 0 saturated heterocycles. The highest BCUT2D eigenvalue weighted by Crippen LogP contribution is 2.38. The summed E-state index contributed by atoms with van der Waals surface area (Å²) in [5, 5.41) is 2.99. The van der Waals surface area contributed by atoms with Gasteiger partial charge in [0.25, 0.3) is 0 Å². The van der Waals surface area contributed by atoms with Gasteiger partial charge in [-0.05, 0) is 43.4 Å². The summed E-state index contributed by atoms with van der Waals surface area (Å²) in [6.45, 7) is -0.477. The van der Waals surface area contributed by atoms with E-state index in [9.17, 15) is 13.6 Å². The van der Waals surface area contributed by atoms with Crippen LogP contribution in [-0.2, 0) is 11.2 Å². The predicted octanol–water partition coefficient (Wildman–Crippen LogP) is 2.50. The topological polar surface area (TPSA) is 64.3 Å². The highest BCUT2D eigenvalue weighted by molar-refractivity contribution is 5.85. The first-order chi connectivity index (χ1) is 9.93. The number of hydrogen-bond donors (Lipinski definition) is 2. The van der Waals surface area contributed by atoms with Crippen LogP contribution in [0.25, 0.3) is 0 Å². The van der Waals surface area contributed by atoms with E-state index in [-0.39, 0.29) is 36.0 Å². The number of nitrogens with one attached hydrogen (secondary N) is 1. The fourth-order valence-electron chi connectivity index (χ4n) is 2.38.